The van der Waals surface area contributed by atoms with Crippen LogP contribution in [0.4, 0.5) is 5.69 Å². The summed E-state index contributed by atoms with van der Waals surface area (Å²) >= 11 is 0. The molecule has 1 heteroatoms. The second kappa shape index (κ2) is 5.72. The van der Waals surface area contributed by atoms with Crippen LogP contribution in [0.2, 0.25) is 0 Å². The van der Waals surface area contributed by atoms with Crippen LogP contribution in [-0.4, -0.2) is 0 Å². The number of aryl methyl sites for hydroxylation is 1. The third-order valence-corrected chi connectivity index (χ3v) is 3.28. The minimum Gasteiger partial charge on any atom is -0.378 e. The summed E-state index contributed by atoms with van der Waals surface area (Å²) in [5.74, 6) is 0.548. The lowest BCUT2D eigenvalue weighted by molar-refractivity contribution is 0.546. The van der Waals surface area contributed by atoms with Crippen molar-refractivity contribution in [3.8, 4) is 0 Å². The molecular formula is C17H21N. The van der Waals surface area contributed by atoms with E-state index in [1.165, 1.54) is 16.8 Å². The molecule has 94 valence electrons. The molecule has 1 atom stereocenters. The van der Waals surface area contributed by atoms with Crippen molar-refractivity contribution in [1.82, 2.24) is 0 Å². The average Bonchev–Trinajstić information content (AvgIpc) is 2.38. The number of hydrogen-bond donors (Lipinski definition) is 1. The lowest BCUT2D eigenvalue weighted by atomic mass is 9.95. The van der Waals surface area contributed by atoms with Crippen LogP contribution in [0.5, 0.6) is 0 Å². The van der Waals surface area contributed by atoms with Gasteiger partial charge in [-0.05, 0) is 30.0 Å². The standard InChI is InChI=1S/C17H21N/c1-13(2)17(15-10-5-4-6-11-15)18-16-12-8-7-9-14(16)3/h4-13,17-18H,1-3H3. The van der Waals surface area contributed by atoms with Crippen LogP contribution in [0.1, 0.15) is 31.0 Å². The van der Waals surface area contributed by atoms with Crippen molar-refractivity contribution < 1.29 is 0 Å². The minimum atomic E-state index is 0.354. The van der Waals surface area contributed by atoms with Crippen LogP contribution in [0.3, 0.4) is 0 Å². The number of para-hydroxylation sites is 1. The van der Waals surface area contributed by atoms with Crippen molar-refractivity contribution in [2.45, 2.75) is 26.8 Å². The van der Waals surface area contributed by atoms with Gasteiger partial charge in [0.05, 0.1) is 6.04 Å². The summed E-state index contributed by atoms with van der Waals surface area (Å²) in [6, 6.07) is 19.4. The fraction of sp³-hybridized carbons (Fsp3) is 0.294. The summed E-state index contributed by atoms with van der Waals surface area (Å²) in [6.07, 6.45) is 0. The molecule has 18 heavy (non-hydrogen) atoms. The van der Waals surface area contributed by atoms with Crippen molar-refractivity contribution in [3.05, 3.63) is 65.7 Å². The molecule has 0 radical (unpaired) electrons. The van der Waals surface area contributed by atoms with Crippen molar-refractivity contribution in [2.75, 3.05) is 5.32 Å². The smallest absolute Gasteiger partial charge is 0.0536 e. The maximum absolute atomic E-state index is 3.66. The van der Waals surface area contributed by atoms with E-state index in [2.05, 4.69) is 80.7 Å². The molecule has 0 aliphatic rings. The van der Waals surface area contributed by atoms with Gasteiger partial charge in [0.2, 0.25) is 0 Å². The van der Waals surface area contributed by atoms with E-state index in [1.54, 1.807) is 0 Å². The summed E-state index contributed by atoms with van der Waals surface area (Å²) in [6.45, 7) is 6.65. The maximum Gasteiger partial charge on any atom is 0.0536 e. The zero-order valence-electron chi connectivity index (χ0n) is 11.4. The molecule has 0 amide bonds. The second-order valence-corrected chi connectivity index (χ2v) is 5.09. The van der Waals surface area contributed by atoms with Crippen LogP contribution in [0.25, 0.3) is 0 Å². The van der Waals surface area contributed by atoms with E-state index in [4.69, 9.17) is 0 Å². The third kappa shape index (κ3) is 2.92. The SMILES string of the molecule is Cc1ccccc1NC(c1ccccc1)C(C)C. The van der Waals surface area contributed by atoms with Gasteiger partial charge < -0.3 is 5.32 Å². The topological polar surface area (TPSA) is 12.0 Å². The van der Waals surface area contributed by atoms with Gasteiger partial charge in [0.1, 0.15) is 0 Å². The molecule has 1 unspecified atom stereocenters. The van der Waals surface area contributed by atoms with Crippen molar-refractivity contribution in [2.24, 2.45) is 5.92 Å². The Labute approximate surface area is 110 Å². The molecule has 0 saturated carbocycles. The molecule has 0 aliphatic carbocycles. The Kier molecular flexibility index (Phi) is 4.03. The first-order chi connectivity index (χ1) is 8.68. The van der Waals surface area contributed by atoms with E-state index in [9.17, 15) is 0 Å². The van der Waals surface area contributed by atoms with E-state index in [0.717, 1.165) is 0 Å². The lowest BCUT2D eigenvalue weighted by Gasteiger charge is -2.25. The minimum absolute atomic E-state index is 0.354. The normalized spacial score (nSPS) is 12.4. The summed E-state index contributed by atoms with van der Waals surface area (Å²) in [7, 11) is 0. The molecule has 0 saturated heterocycles. The van der Waals surface area contributed by atoms with Crippen LogP contribution in [0, 0.1) is 12.8 Å². The number of hydrogen-bond acceptors (Lipinski definition) is 1. The fourth-order valence-electron chi connectivity index (χ4n) is 2.20. The molecule has 0 heterocycles. The summed E-state index contributed by atoms with van der Waals surface area (Å²) in [5, 5.41) is 3.66. The highest BCUT2D eigenvalue weighted by Crippen LogP contribution is 2.27. The van der Waals surface area contributed by atoms with Gasteiger partial charge >= 0.3 is 0 Å². The van der Waals surface area contributed by atoms with Crippen LogP contribution < -0.4 is 5.32 Å². The highest BCUT2D eigenvalue weighted by molar-refractivity contribution is 5.52. The van der Waals surface area contributed by atoms with Gasteiger partial charge in [0.25, 0.3) is 0 Å². The molecule has 0 bridgehead atoms. The predicted octanol–water partition coefficient (Wildman–Crippen LogP) is 4.80. The van der Waals surface area contributed by atoms with Gasteiger partial charge in [-0.15, -0.1) is 0 Å². The number of anilines is 1. The molecule has 2 aromatic rings. The zero-order valence-corrected chi connectivity index (χ0v) is 11.4. The Bertz CT molecular complexity index is 488. The molecule has 2 aromatic carbocycles. The third-order valence-electron chi connectivity index (χ3n) is 3.28. The predicted molar refractivity (Wildman–Crippen MR) is 78.8 cm³/mol. The van der Waals surface area contributed by atoms with Crippen LogP contribution in [-0.2, 0) is 0 Å². The first kappa shape index (κ1) is 12.7. The van der Waals surface area contributed by atoms with Crippen LogP contribution >= 0.6 is 0 Å². The van der Waals surface area contributed by atoms with Gasteiger partial charge in [-0.1, -0.05) is 62.4 Å². The monoisotopic (exact) mass is 239 g/mol. The van der Waals surface area contributed by atoms with E-state index in [0.29, 0.717) is 12.0 Å². The number of rotatable bonds is 4. The Morgan fingerprint density at radius 3 is 2.06 bits per heavy atom. The molecule has 0 aliphatic heterocycles. The largest absolute Gasteiger partial charge is 0.378 e. The molecular weight excluding hydrogens is 218 g/mol. The molecule has 0 spiro atoms. The first-order valence-electron chi connectivity index (χ1n) is 6.55. The molecule has 1 N–H and O–H groups in total. The van der Waals surface area contributed by atoms with Gasteiger partial charge in [0.15, 0.2) is 0 Å². The Morgan fingerprint density at radius 1 is 0.833 bits per heavy atom. The average molecular weight is 239 g/mol. The highest BCUT2D eigenvalue weighted by Gasteiger charge is 2.15. The fourth-order valence-corrected chi connectivity index (χ4v) is 2.20. The highest BCUT2D eigenvalue weighted by atomic mass is 14.9. The van der Waals surface area contributed by atoms with Crippen molar-refractivity contribution in [1.29, 1.82) is 0 Å². The number of nitrogens with one attached hydrogen (secondary N) is 1. The van der Waals surface area contributed by atoms with Crippen molar-refractivity contribution in [3.63, 3.8) is 0 Å². The number of benzene rings is 2. The van der Waals surface area contributed by atoms with Gasteiger partial charge in [-0.2, -0.15) is 0 Å². The Hall–Kier alpha value is -1.76. The second-order valence-electron chi connectivity index (χ2n) is 5.09. The van der Waals surface area contributed by atoms with Gasteiger partial charge in [-0.25, -0.2) is 0 Å². The Balaban J connectivity index is 2.26. The first-order valence-corrected chi connectivity index (χ1v) is 6.55. The molecule has 2 rings (SSSR count). The molecule has 0 aromatic heterocycles. The maximum atomic E-state index is 3.66. The summed E-state index contributed by atoms with van der Waals surface area (Å²) < 4.78 is 0. The van der Waals surface area contributed by atoms with E-state index < -0.39 is 0 Å². The Morgan fingerprint density at radius 2 is 1.44 bits per heavy atom. The van der Waals surface area contributed by atoms with E-state index in [-0.39, 0.29) is 0 Å². The zero-order chi connectivity index (χ0) is 13.0. The summed E-state index contributed by atoms with van der Waals surface area (Å²) in [4.78, 5) is 0. The molecule has 1 nitrogen and oxygen atoms in total. The van der Waals surface area contributed by atoms with E-state index in [1.807, 2.05) is 0 Å². The van der Waals surface area contributed by atoms with Crippen LogP contribution in [0.15, 0.2) is 54.6 Å². The van der Waals surface area contributed by atoms with Gasteiger partial charge in [-0.3, -0.25) is 0 Å². The van der Waals surface area contributed by atoms with Gasteiger partial charge in [0, 0.05) is 5.69 Å². The quantitative estimate of drug-likeness (QED) is 0.807. The summed E-state index contributed by atoms with van der Waals surface area (Å²) in [5.41, 5.74) is 3.86. The lowest BCUT2D eigenvalue weighted by Crippen LogP contribution is -2.17. The van der Waals surface area contributed by atoms with E-state index >= 15 is 0 Å². The van der Waals surface area contributed by atoms with Crippen molar-refractivity contribution >= 4 is 5.69 Å². The molecule has 0 fully saturated rings.